The van der Waals surface area contributed by atoms with Crippen LogP contribution >= 0.6 is 0 Å². The number of hydrogen-bond acceptors (Lipinski definition) is 7. The number of benzene rings is 1. The van der Waals surface area contributed by atoms with E-state index in [0.717, 1.165) is 5.56 Å². The van der Waals surface area contributed by atoms with Crippen LogP contribution in [0.5, 0.6) is 0 Å². The second kappa shape index (κ2) is 6.94. The normalized spacial score (nSPS) is 22.8. The molecule has 0 amide bonds. The lowest BCUT2D eigenvalue weighted by atomic mass is 10.2. The Morgan fingerprint density at radius 3 is 2.96 bits per heavy atom. The van der Waals surface area contributed by atoms with Crippen LogP contribution < -0.4 is 5.32 Å². The van der Waals surface area contributed by atoms with Gasteiger partial charge in [-0.3, -0.25) is 4.57 Å². The molecule has 0 saturated carbocycles. The number of hydrogen-bond donors (Lipinski definition) is 3. The van der Waals surface area contributed by atoms with E-state index in [4.69, 9.17) is 4.74 Å². The fourth-order valence-electron chi connectivity index (χ4n) is 3.07. The average Bonchev–Trinajstić information content (AvgIpc) is 3.23. The van der Waals surface area contributed by atoms with E-state index in [1.54, 1.807) is 17.0 Å². The topological polar surface area (TPSA) is 105 Å². The molecule has 4 rings (SSSR count). The molecular weight excluding hydrogens is 341 g/mol. The minimum absolute atomic E-state index is 0.250. The monoisotopic (exact) mass is 359 g/mol. The van der Waals surface area contributed by atoms with Gasteiger partial charge in [0.1, 0.15) is 24.5 Å². The number of imidazole rings is 1. The Hall–Kier alpha value is -2.62. The van der Waals surface area contributed by atoms with Gasteiger partial charge in [-0.15, -0.1) is 0 Å². The quantitative estimate of drug-likeness (QED) is 0.629. The van der Waals surface area contributed by atoms with Gasteiger partial charge in [0, 0.05) is 13.0 Å². The number of aromatic nitrogens is 4. The summed E-state index contributed by atoms with van der Waals surface area (Å²) in [5.74, 6) is 0.229. The standard InChI is InChI=1S/C17H18FN5O3/c18-11-3-1-2-10(4-11)6-19-16-15-17(21-8-20-16)23(9-22-15)14-5-12(25)13(7-24)26-14/h1-4,8-9,12-14,24-25H,5-7H2,(H,19,20,21)/t12-,13+,14?/m0/s1. The number of rotatable bonds is 5. The first-order valence-corrected chi connectivity index (χ1v) is 8.26. The van der Waals surface area contributed by atoms with Gasteiger partial charge in [0.15, 0.2) is 17.0 Å². The van der Waals surface area contributed by atoms with Crippen LogP contribution in [0.15, 0.2) is 36.9 Å². The number of fused-ring (bicyclic) bond motifs is 1. The summed E-state index contributed by atoms with van der Waals surface area (Å²) in [6.45, 7) is 0.141. The molecule has 1 aromatic carbocycles. The molecule has 2 aromatic heterocycles. The van der Waals surface area contributed by atoms with Crippen LogP contribution in [0.3, 0.4) is 0 Å². The number of nitrogens with one attached hydrogen (secondary N) is 1. The molecule has 3 atom stereocenters. The first-order valence-electron chi connectivity index (χ1n) is 8.26. The Morgan fingerprint density at radius 1 is 1.31 bits per heavy atom. The van der Waals surface area contributed by atoms with Crippen LogP contribution in [0.25, 0.3) is 11.2 Å². The number of nitrogens with zero attached hydrogens (tertiary/aromatic N) is 4. The van der Waals surface area contributed by atoms with Crippen molar-refractivity contribution in [2.24, 2.45) is 0 Å². The summed E-state index contributed by atoms with van der Waals surface area (Å²) in [6, 6.07) is 6.31. The third kappa shape index (κ3) is 3.12. The molecule has 1 aliphatic rings. The van der Waals surface area contributed by atoms with Gasteiger partial charge in [0.25, 0.3) is 0 Å². The molecule has 1 aliphatic heterocycles. The second-order valence-corrected chi connectivity index (χ2v) is 6.14. The summed E-state index contributed by atoms with van der Waals surface area (Å²) in [4.78, 5) is 12.8. The van der Waals surface area contributed by atoms with Crippen molar-refractivity contribution in [2.45, 2.75) is 31.4 Å². The van der Waals surface area contributed by atoms with E-state index in [1.807, 2.05) is 6.07 Å². The largest absolute Gasteiger partial charge is 0.394 e. The molecule has 9 heteroatoms. The molecule has 0 bridgehead atoms. The van der Waals surface area contributed by atoms with Crippen LogP contribution in [-0.2, 0) is 11.3 Å². The van der Waals surface area contributed by atoms with Crippen molar-refractivity contribution in [1.82, 2.24) is 19.5 Å². The van der Waals surface area contributed by atoms with Gasteiger partial charge in [0.2, 0.25) is 0 Å². The SMILES string of the molecule is OC[C@H]1OC(n2cnc3c(NCc4cccc(F)c4)ncnc32)C[C@@H]1O. The maximum atomic E-state index is 13.3. The van der Waals surface area contributed by atoms with E-state index in [2.05, 4.69) is 20.3 Å². The highest BCUT2D eigenvalue weighted by Crippen LogP contribution is 2.31. The zero-order chi connectivity index (χ0) is 18.1. The van der Waals surface area contributed by atoms with Gasteiger partial charge in [-0.25, -0.2) is 19.3 Å². The lowest BCUT2D eigenvalue weighted by Gasteiger charge is -2.13. The van der Waals surface area contributed by atoms with Crippen molar-refractivity contribution in [2.75, 3.05) is 11.9 Å². The van der Waals surface area contributed by atoms with E-state index in [0.29, 0.717) is 29.9 Å². The van der Waals surface area contributed by atoms with Crippen molar-refractivity contribution in [3.05, 3.63) is 48.3 Å². The fourth-order valence-corrected chi connectivity index (χ4v) is 3.07. The first kappa shape index (κ1) is 16.8. The summed E-state index contributed by atoms with van der Waals surface area (Å²) in [5.41, 5.74) is 1.89. The summed E-state index contributed by atoms with van der Waals surface area (Å²) >= 11 is 0. The summed E-state index contributed by atoms with van der Waals surface area (Å²) in [7, 11) is 0. The van der Waals surface area contributed by atoms with Gasteiger partial charge in [-0.1, -0.05) is 12.1 Å². The van der Waals surface area contributed by atoms with Crippen LogP contribution in [0.1, 0.15) is 18.2 Å². The zero-order valence-corrected chi connectivity index (χ0v) is 13.8. The predicted molar refractivity (Wildman–Crippen MR) is 90.7 cm³/mol. The first-order chi connectivity index (χ1) is 12.7. The minimum Gasteiger partial charge on any atom is -0.394 e. The van der Waals surface area contributed by atoms with Crippen molar-refractivity contribution in [3.8, 4) is 0 Å². The van der Waals surface area contributed by atoms with Gasteiger partial charge in [-0.2, -0.15) is 0 Å². The fraction of sp³-hybridized carbons (Fsp3) is 0.353. The Labute approximate surface area is 148 Å². The Morgan fingerprint density at radius 2 is 2.19 bits per heavy atom. The van der Waals surface area contributed by atoms with E-state index in [1.165, 1.54) is 18.5 Å². The van der Waals surface area contributed by atoms with Gasteiger partial charge in [-0.05, 0) is 17.7 Å². The zero-order valence-electron chi connectivity index (χ0n) is 13.8. The third-order valence-corrected chi connectivity index (χ3v) is 4.40. The minimum atomic E-state index is -0.741. The van der Waals surface area contributed by atoms with E-state index >= 15 is 0 Å². The number of aliphatic hydroxyl groups is 2. The lowest BCUT2D eigenvalue weighted by Crippen LogP contribution is -2.24. The van der Waals surface area contributed by atoms with Crippen LogP contribution in [0, 0.1) is 5.82 Å². The molecule has 1 unspecified atom stereocenters. The molecule has 1 saturated heterocycles. The highest BCUT2D eigenvalue weighted by atomic mass is 19.1. The molecule has 1 fully saturated rings. The number of aliphatic hydroxyl groups excluding tert-OH is 2. The molecule has 136 valence electrons. The second-order valence-electron chi connectivity index (χ2n) is 6.14. The average molecular weight is 359 g/mol. The van der Waals surface area contributed by atoms with Gasteiger partial charge < -0.3 is 20.3 Å². The van der Waals surface area contributed by atoms with Crippen LogP contribution in [-0.4, -0.2) is 48.5 Å². The van der Waals surface area contributed by atoms with Crippen molar-refractivity contribution in [3.63, 3.8) is 0 Å². The molecule has 0 radical (unpaired) electrons. The predicted octanol–water partition coefficient (Wildman–Crippen LogP) is 1.22. The number of halogens is 1. The summed E-state index contributed by atoms with van der Waals surface area (Å²) in [5, 5.41) is 22.3. The molecule has 3 N–H and O–H groups in total. The van der Waals surface area contributed by atoms with Gasteiger partial charge >= 0.3 is 0 Å². The molecule has 26 heavy (non-hydrogen) atoms. The third-order valence-electron chi connectivity index (χ3n) is 4.40. The smallest absolute Gasteiger partial charge is 0.167 e. The molecule has 0 aliphatic carbocycles. The highest BCUT2D eigenvalue weighted by molar-refractivity contribution is 5.82. The summed E-state index contributed by atoms with van der Waals surface area (Å²) in [6.07, 6.45) is 1.50. The van der Waals surface area contributed by atoms with E-state index < -0.39 is 18.4 Å². The molecular formula is C17H18FN5O3. The Balaban J connectivity index is 1.57. The lowest BCUT2D eigenvalue weighted by molar-refractivity contribution is -0.0432. The summed E-state index contributed by atoms with van der Waals surface area (Å²) < 4.78 is 20.7. The Kier molecular flexibility index (Phi) is 4.49. The van der Waals surface area contributed by atoms with Crippen molar-refractivity contribution in [1.29, 1.82) is 0 Å². The van der Waals surface area contributed by atoms with Gasteiger partial charge in [0.05, 0.1) is 19.0 Å². The molecule has 3 aromatic rings. The van der Waals surface area contributed by atoms with Crippen molar-refractivity contribution < 1.29 is 19.3 Å². The van der Waals surface area contributed by atoms with E-state index in [9.17, 15) is 14.6 Å². The number of anilines is 1. The van der Waals surface area contributed by atoms with Crippen LogP contribution in [0.2, 0.25) is 0 Å². The maximum absolute atomic E-state index is 13.3. The van der Waals surface area contributed by atoms with E-state index in [-0.39, 0.29) is 12.4 Å². The Bertz CT molecular complexity index is 918. The van der Waals surface area contributed by atoms with Crippen LogP contribution in [0.4, 0.5) is 10.2 Å². The molecule has 0 spiro atoms. The highest BCUT2D eigenvalue weighted by Gasteiger charge is 2.35. The molecule has 3 heterocycles. The van der Waals surface area contributed by atoms with Crippen molar-refractivity contribution >= 4 is 17.0 Å². The maximum Gasteiger partial charge on any atom is 0.167 e. The molecule has 8 nitrogen and oxygen atoms in total. The number of ether oxygens (including phenoxy) is 1.